The molecule has 1 N–H and O–H groups in total. The van der Waals surface area contributed by atoms with Crippen LogP contribution in [-0.2, 0) is 26.2 Å². The van der Waals surface area contributed by atoms with Crippen LogP contribution >= 0.6 is 22.9 Å². The van der Waals surface area contributed by atoms with Gasteiger partial charge in [0.05, 0.1) is 6.54 Å². The summed E-state index contributed by atoms with van der Waals surface area (Å²) in [6, 6.07) is 23.7. The summed E-state index contributed by atoms with van der Waals surface area (Å²) < 4.78 is 11.0. The number of aromatic nitrogens is 1. The molecule has 8 heteroatoms. The second-order valence-electron chi connectivity index (χ2n) is 8.25. The number of fused-ring (bicyclic) bond motifs is 1. The minimum absolute atomic E-state index is 0.170. The van der Waals surface area contributed by atoms with Crippen molar-refractivity contribution < 1.29 is 14.3 Å². The van der Waals surface area contributed by atoms with Crippen LogP contribution < -0.4 is 14.8 Å². The van der Waals surface area contributed by atoms with Crippen molar-refractivity contribution in [3.05, 3.63) is 111 Å². The summed E-state index contributed by atoms with van der Waals surface area (Å²) >= 11 is 7.57. The predicted molar refractivity (Wildman–Crippen MR) is 137 cm³/mol. The third kappa shape index (κ3) is 6.19. The number of benzene rings is 3. The molecule has 6 nitrogen and oxygen atoms in total. The van der Waals surface area contributed by atoms with Crippen molar-refractivity contribution >= 4 is 28.8 Å². The first-order valence-electron chi connectivity index (χ1n) is 11.2. The van der Waals surface area contributed by atoms with E-state index in [0.717, 1.165) is 33.2 Å². The van der Waals surface area contributed by atoms with E-state index in [-0.39, 0.29) is 12.7 Å². The van der Waals surface area contributed by atoms with E-state index in [9.17, 15) is 4.79 Å². The van der Waals surface area contributed by atoms with Crippen molar-refractivity contribution in [2.75, 3.05) is 6.79 Å². The van der Waals surface area contributed by atoms with Crippen molar-refractivity contribution in [2.24, 2.45) is 0 Å². The monoisotopic (exact) mass is 505 g/mol. The van der Waals surface area contributed by atoms with Gasteiger partial charge in [-0.3, -0.25) is 9.69 Å². The highest BCUT2D eigenvalue weighted by Gasteiger charge is 2.17. The summed E-state index contributed by atoms with van der Waals surface area (Å²) in [5.74, 6) is 1.36. The molecule has 1 amide bonds. The Kier molecular flexibility index (Phi) is 7.28. The summed E-state index contributed by atoms with van der Waals surface area (Å²) in [4.78, 5) is 19.5. The van der Waals surface area contributed by atoms with Gasteiger partial charge >= 0.3 is 0 Å². The SMILES string of the molecule is O=C(NCc1ccccc1)c1csc(CN(Cc2ccc(Cl)cc2)Cc2ccc3c(c2)OCO3)n1. The lowest BCUT2D eigenvalue weighted by atomic mass is 10.1. The van der Waals surface area contributed by atoms with Gasteiger partial charge < -0.3 is 14.8 Å². The first kappa shape index (κ1) is 23.4. The number of hydrogen-bond donors (Lipinski definition) is 1. The number of hydrogen-bond acceptors (Lipinski definition) is 6. The van der Waals surface area contributed by atoms with Gasteiger partial charge in [-0.2, -0.15) is 0 Å². The Balaban J connectivity index is 1.28. The third-order valence-corrected chi connectivity index (χ3v) is 6.69. The molecule has 1 aliphatic rings. The van der Waals surface area contributed by atoms with E-state index in [1.54, 1.807) is 0 Å². The summed E-state index contributed by atoms with van der Waals surface area (Å²) in [5.41, 5.74) is 3.75. The van der Waals surface area contributed by atoms with Crippen LogP contribution in [0.15, 0.2) is 78.2 Å². The maximum Gasteiger partial charge on any atom is 0.271 e. The van der Waals surface area contributed by atoms with E-state index in [0.29, 0.717) is 36.9 Å². The molecule has 0 unspecified atom stereocenters. The molecule has 1 aliphatic heterocycles. The zero-order chi connectivity index (χ0) is 24.0. The van der Waals surface area contributed by atoms with Gasteiger partial charge in [-0.1, -0.05) is 60.1 Å². The molecule has 0 aliphatic carbocycles. The van der Waals surface area contributed by atoms with Crippen molar-refractivity contribution in [1.82, 2.24) is 15.2 Å². The van der Waals surface area contributed by atoms with Gasteiger partial charge in [0.15, 0.2) is 11.5 Å². The maximum absolute atomic E-state index is 12.6. The highest BCUT2D eigenvalue weighted by Crippen LogP contribution is 2.33. The molecule has 0 fully saturated rings. The minimum Gasteiger partial charge on any atom is -0.454 e. The number of amides is 1. The fraction of sp³-hybridized carbons (Fsp3) is 0.185. The van der Waals surface area contributed by atoms with E-state index >= 15 is 0 Å². The largest absolute Gasteiger partial charge is 0.454 e. The zero-order valence-corrected chi connectivity index (χ0v) is 20.5. The Morgan fingerprint density at radius 3 is 2.49 bits per heavy atom. The lowest BCUT2D eigenvalue weighted by Crippen LogP contribution is -2.24. The summed E-state index contributed by atoms with van der Waals surface area (Å²) in [5, 5.41) is 6.35. The number of carbonyl (C=O) groups is 1. The molecule has 0 atom stereocenters. The number of halogens is 1. The average Bonchev–Trinajstić information content (AvgIpc) is 3.54. The Morgan fingerprint density at radius 2 is 1.66 bits per heavy atom. The minimum atomic E-state index is -0.170. The molecule has 1 aromatic heterocycles. The first-order chi connectivity index (χ1) is 17.1. The van der Waals surface area contributed by atoms with E-state index in [4.69, 9.17) is 21.1 Å². The standard InChI is InChI=1S/C27H24ClN3O3S/c28-22-9-6-20(7-10-22)14-31(15-21-8-11-24-25(12-21)34-18-33-24)16-26-30-23(17-35-26)27(32)29-13-19-4-2-1-3-5-19/h1-12,17H,13-16,18H2,(H,29,32). The normalized spacial score (nSPS) is 12.2. The molecule has 0 saturated carbocycles. The van der Waals surface area contributed by atoms with E-state index < -0.39 is 0 Å². The molecule has 0 saturated heterocycles. The van der Waals surface area contributed by atoms with Crippen LogP contribution in [0.4, 0.5) is 0 Å². The lowest BCUT2D eigenvalue weighted by molar-refractivity contribution is 0.0946. The average molecular weight is 506 g/mol. The van der Waals surface area contributed by atoms with Gasteiger partial charge in [0.2, 0.25) is 6.79 Å². The molecule has 2 heterocycles. The second kappa shape index (κ2) is 10.9. The summed E-state index contributed by atoms with van der Waals surface area (Å²) in [6.45, 7) is 2.73. The Hall–Kier alpha value is -3.39. The van der Waals surface area contributed by atoms with Gasteiger partial charge in [0.25, 0.3) is 5.91 Å². The molecule has 4 aromatic rings. The molecule has 178 valence electrons. The topological polar surface area (TPSA) is 63.7 Å². The molecular weight excluding hydrogens is 482 g/mol. The predicted octanol–water partition coefficient (Wildman–Crippen LogP) is 5.66. The van der Waals surface area contributed by atoms with Gasteiger partial charge in [-0.15, -0.1) is 11.3 Å². The number of nitrogens with one attached hydrogen (secondary N) is 1. The Bertz CT molecular complexity index is 1290. The van der Waals surface area contributed by atoms with Gasteiger partial charge in [-0.25, -0.2) is 4.98 Å². The van der Waals surface area contributed by atoms with Crippen LogP contribution in [0.3, 0.4) is 0 Å². The molecule has 3 aromatic carbocycles. The second-order valence-corrected chi connectivity index (χ2v) is 9.63. The van der Waals surface area contributed by atoms with Crippen molar-refractivity contribution in [2.45, 2.75) is 26.2 Å². The van der Waals surface area contributed by atoms with Crippen LogP contribution in [0.25, 0.3) is 0 Å². The lowest BCUT2D eigenvalue weighted by Gasteiger charge is -2.22. The molecule has 0 bridgehead atoms. The maximum atomic E-state index is 12.6. The van der Waals surface area contributed by atoms with Crippen LogP contribution in [0.2, 0.25) is 5.02 Å². The smallest absolute Gasteiger partial charge is 0.271 e. The quantitative estimate of drug-likeness (QED) is 0.318. The zero-order valence-electron chi connectivity index (χ0n) is 18.9. The van der Waals surface area contributed by atoms with E-state index in [1.165, 1.54) is 11.3 Å². The van der Waals surface area contributed by atoms with Crippen LogP contribution in [0.1, 0.15) is 32.2 Å². The molecule has 0 radical (unpaired) electrons. The Morgan fingerprint density at radius 1 is 0.914 bits per heavy atom. The fourth-order valence-electron chi connectivity index (χ4n) is 3.86. The fourth-order valence-corrected chi connectivity index (χ4v) is 4.80. The summed E-state index contributed by atoms with van der Waals surface area (Å²) in [7, 11) is 0. The number of rotatable bonds is 9. The van der Waals surface area contributed by atoms with Crippen LogP contribution in [-0.4, -0.2) is 22.6 Å². The van der Waals surface area contributed by atoms with Gasteiger partial charge in [0, 0.05) is 30.0 Å². The first-order valence-corrected chi connectivity index (χ1v) is 12.5. The van der Waals surface area contributed by atoms with Crippen molar-refractivity contribution in [3.8, 4) is 11.5 Å². The van der Waals surface area contributed by atoms with Gasteiger partial charge in [-0.05, 0) is 41.0 Å². The van der Waals surface area contributed by atoms with E-state index in [1.807, 2.05) is 78.2 Å². The van der Waals surface area contributed by atoms with Gasteiger partial charge in [0.1, 0.15) is 10.7 Å². The summed E-state index contributed by atoms with van der Waals surface area (Å²) in [6.07, 6.45) is 0. The molecule has 35 heavy (non-hydrogen) atoms. The van der Waals surface area contributed by atoms with Crippen LogP contribution in [0.5, 0.6) is 11.5 Å². The highest BCUT2D eigenvalue weighted by molar-refractivity contribution is 7.09. The van der Waals surface area contributed by atoms with E-state index in [2.05, 4.69) is 15.2 Å². The molecule has 0 spiro atoms. The van der Waals surface area contributed by atoms with Crippen molar-refractivity contribution in [3.63, 3.8) is 0 Å². The molecular formula is C27H24ClN3O3S. The Labute approximate surface area is 213 Å². The number of ether oxygens (including phenoxy) is 2. The highest BCUT2D eigenvalue weighted by atomic mass is 35.5. The molecule has 5 rings (SSSR count). The van der Waals surface area contributed by atoms with Crippen LogP contribution in [0, 0.1) is 0 Å². The number of carbonyl (C=O) groups excluding carboxylic acids is 1. The number of thiazole rings is 1. The third-order valence-electron chi connectivity index (χ3n) is 5.60. The number of nitrogens with zero attached hydrogens (tertiary/aromatic N) is 2. The van der Waals surface area contributed by atoms with Crippen molar-refractivity contribution in [1.29, 1.82) is 0 Å².